The molecule has 1 saturated heterocycles. The van der Waals surface area contributed by atoms with Crippen molar-refractivity contribution < 1.29 is 4.74 Å². The van der Waals surface area contributed by atoms with E-state index in [-0.39, 0.29) is 24.0 Å². The SMILES string of the molecule is CCNC(=NCc1ccc(C)cc1OCC)NCC(C)N1CCN(C)CC1.I. The highest BCUT2D eigenvalue weighted by atomic mass is 127. The molecule has 1 aliphatic heterocycles. The van der Waals surface area contributed by atoms with Crippen LogP contribution in [0, 0.1) is 6.92 Å². The zero-order valence-electron chi connectivity index (χ0n) is 18.1. The predicted octanol–water partition coefficient (Wildman–Crippen LogP) is 2.70. The number of aliphatic imine (C=N–C) groups is 1. The maximum absolute atomic E-state index is 5.78. The van der Waals surface area contributed by atoms with Gasteiger partial charge >= 0.3 is 0 Å². The lowest BCUT2D eigenvalue weighted by Crippen LogP contribution is -2.52. The van der Waals surface area contributed by atoms with Crippen LogP contribution in [0.5, 0.6) is 5.75 Å². The fourth-order valence-electron chi connectivity index (χ4n) is 3.22. The molecule has 0 saturated carbocycles. The molecule has 0 amide bonds. The van der Waals surface area contributed by atoms with Gasteiger partial charge in [0.15, 0.2) is 5.96 Å². The van der Waals surface area contributed by atoms with Gasteiger partial charge in [-0.05, 0) is 46.4 Å². The van der Waals surface area contributed by atoms with Gasteiger partial charge in [0.2, 0.25) is 0 Å². The average Bonchev–Trinajstić information content (AvgIpc) is 2.65. The summed E-state index contributed by atoms with van der Waals surface area (Å²) in [6.45, 7) is 16.0. The summed E-state index contributed by atoms with van der Waals surface area (Å²) in [4.78, 5) is 9.71. The van der Waals surface area contributed by atoms with Crippen LogP contribution in [0.3, 0.4) is 0 Å². The minimum Gasteiger partial charge on any atom is -0.494 e. The molecule has 28 heavy (non-hydrogen) atoms. The Morgan fingerprint density at radius 2 is 1.89 bits per heavy atom. The summed E-state index contributed by atoms with van der Waals surface area (Å²) in [5, 5.41) is 6.86. The molecule has 1 aliphatic rings. The second kappa shape index (κ2) is 13.2. The standard InChI is InChI=1S/C21H37N5O.HI/c1-6-22-21(23-15-18(4)26-12-10-25(5)11-13-26)24-16-19-9-8-17(3)14-20(19)27-7-2;/h8-9,14,18H,6-7,10-13,15-16H2,1-5H3,(H2,22,23,24);1H. The summed E-state index contributed by atoms with van der Waals surface area (Å²) in [5.74, 6) is 1.80. The molecular weight excluding hydrogens is 465 g/mol. The van der Waals surface area contributed by atoms with Crippen molar-refractivity contribution in [3.63, 3.8) is 0 Å². The molecule has 1 aromatic rings. The van der Waals surface area contributed by atoms with E-state index in [0.717, 1.165) is 56.5 Å². The van der Waals surface area contributed by atoms with E-state index in [4.69, 9.17) is 9.73 Å². The van der Waals surface area contributed by atoms with Crippen LogP contribution in [0.25, 0.3) is 0 Å². The number of benzene rings is 1. The zero-order chi connectivity index (χ0) is 19.6. The van der Waals surface area contributed by atoms with E-state index in [1.165, 1.54) is 5.56 Å². The molecule has 7 heteroatoms. The van der Waals surface area contributed by atoms with Gasteiger partial charge in [0, 0.05) is 50.9 Å². The van der Waals surface area contributed by atoms with Crippen molar-refractivity contribution >= 4 is 29.9 Å². The van der Waals surface area contributed by atoms with Crippen LogP contribution in [-0.4, -0.2) is 74.7 Å². The van der Waals surface area contributed by atoms with Crippen LogP contribution in [-0.2, 0) is 6.54 Å². The summed E-state index contributed by atoms with van der Waals surface area (Å²) >= 11 is 0. The van der Waals surface area contributed by atoms with Crippen molar-refractivity contribution in [2.75, 3.05) is 52.9 Å². The number of hydrogen-bond donors (Lipinski definition) is 2. The van der Waals surface area contributed by atoms with Crippen LogP contribution in [0.15, 0.2) is 23.2 Å². The van der Waals surface area contributed by atoms with E-state index in [1.807, 2.05) is 6.92 Å². The lowest BCUT2D eigenvalue weighted by molar-refractivity contribution is 0.120. The van der Waals surface area contributed by atoms with Crippen molar-refractivity contribution in [2.45, 2.75) is 40.3 Å². The first-order valence-corrected chi connectivity index (χ1v) is 10.2. The van der Waals surface area contributed by atoms with Crippen molar-refractivity contribution in [1.29, 1.82) is 0 Å². The van der Waals surface area contributed by atoms with Crippen LogP contribution >= 0.6 is 24.0 Å². The van der Waals surface area contributed by atoms with Gasteiger partial charge < -0.3 is 20.3 Å². The van der Waals surface area contributed by atoms with E-state index < -0.39 is 0 Å². The van der Waals surface area contributed by atoms with E-state index in [1.54, 1.807) is 0 Å². The number of hydrogen-bond acceptors (Lipinski definition) is 4. The molecular formula is C21H38IN5O. The highest BCUT2D eigenvalue weighted by Gasteiger charge is 2.19. The van der Waals surface area contributed by atoms with E-state index in [0.29, 0.717) is 19.2 Å². The Morgan fingerprint density at radius 3 is 2.54 bits per heavy atom. The highest BCUT2D eigenvalue weighted by molar-refractivity contribution is 14.0. The molecule has 6 nitrogen and oxygen atoms in total. The van der Waals surface area contributed by atoms with Gasteiger partial charge in [-0.25, -0.2) is 4.99 Å². The third-order valence-electron chi connectivity index (χ3n) is 5.00. The molecule has 0 aromatic heterocycles. The summed E-state index contributed by atoms with van der Waals surface area (Å²) in [7, 11) is 2.19. The van der Waals surface area contributed by atoms with Gasteiger partial charge in [0.25, 0.3) is 0 Å². The minimum absolute atomic E-state index is 0. The Kier molecular flexibility index (Phi) is 11.8. The normalized spacial score (nSPS) is 17.0. The van der Waals surface area contributed by atoms with Crippen LogP contribution in [0.1, 0.15) is 31.9 Å². The predicted molar refractivity (Wildman–Crippen MR) is 129 cm³/mol. The number of rotatable bonds is 8. The summed E-state index contributed by atoms with van der Waals surface area (Å²) in [5.41, 5.74) is 2.32. The van der Waals surface area contributed by atoms with Gasteiger partial charge in [-0.3, -0.25) is 4.90 Å². The molecule has 0 spiro atoms. The van der Waals surface area contributed by atoms with Crippen LogP contribution in [0.2, 0.25) is 0 Å². The Labute approximate surface area is 188 Å². The van der Waals surface area contributed by atoms with Gasteiger partial charge in [-0.1, -0.05) is 12.1 Å². The van der Waals surface area contributed by atoms with E-state index in [2.05, 4.69) is 66.5 Å². The molecule has 1 heterocycles. The van der Waals surface area contributed by atoms with Crippen molar-refractivity contribution in [3.8, 4) is 5.75 Å². The number of likely N-dealkylation sites (N-methyl/N-ethyl adjacent to an activating group) is 1. The second-order valence-electron chi connectivity index (χ2n) is 7.31. The molecule has 1 atom stereocenters. The number of ether oxygens (including phenoxy) is 1. The fourth-order valence-corrected chi connectivity index (χ4v) is 3.22. The molecule has 160 valence electrons. The largest absolute Gasteiger partial charge is 0.494 e. The molecule has 1 unspecified atom stereocenters. The summed E-state index contributed by atoms with van der Waals surface area (Å²) in [6.07, 6.45) is 0. The number of piperazine rings is 1. The van der Waals surface area contributed by atoms with Gasteiger partial charge in [-0.2, -0.15) is 0 Å². The molecule has 1 fully saturated rings. The van der Waals surface area contributed by atoms with E-state index in [9.17, 15) is 0 Å². The fraction of sp³-hybridized carbons (Fsp3) is 0.667. The Hall–Kier alpha value is -1.06. The number of aryl methyl sites for hydroxylation is 1. The maximum Gasteiger partial charge on any atom is 0.191 e. The van der Waals surface area contributed by atoms with Crippen molar-refractivity contribution in [1.82, 2.24) is 20.4 Å². The molecule has 0 aliphatic carbocycles. The average molecular weight is 503 g/mol. The van der Waals surface area contributed by atoms with Crippen LogP contribution < -0.4 is 15.4 Å². The van der Waals surface area contributed by atoms with Crippen molar-refractivity contribution in [3.05, 3.63) is 29.3 Å². The minimum atomic E-state index is 0. The van der Waals surface area contributed by atoms with Gasteiger partial charge in [0.1, 0.15) is 5.75 Å². The molecule has 2 N–H and O–H groups in total. The monoisotopic (exact) mass is 503 g/mol. The molecule has 1 aromatic carbocycles. The van der Waals surface area contributed by atoms with Gasteiger partial charge in [0.05, 0.1) is 13.2 Å². The third-order valence-corrected chi connectivity index (χ3v) is 5.00. The number of nitrogens with zero attached hydrogens (tertiary/aromatic N) is 3. The number of nitrogens with one attached hydrogen (secondary N) is 2. The third kappa shape index (κ3) is 8.13. The first-order chi connectivity index (χ1) is 13.0. The first-order valence-electron chi connectivity index (χ1n) is 10.2. The maximum atomic E-state index is 5.78. The zero-order valence-corrected chi connectivity index (χ0v) is 20.5. The summed E-state index contributed by atoms with van der Waals surface area (Å²) in [6, 6.07) is 6.80. The lowest BCUT2D eigenvalue weighted by atomic mass is 10.1. The Balaban J connectivity index is 0.00000392. The molecule has 2 rings (SSSR count). The topological polar surface area (TPSA) is 52.1 Å². The number of guanidine groups is 1. The van der Waals surface area contributed by atoms with Crippen molar-refractivity contribution in [2.24, 2.45) is 4.99 Å². The van der Waals surface area contributed by atoms with Gasteiger partial charge in [-0.15, -0.1) is 24.0 Å². The van der Waals surface area contributed by atoms with Crippen LogP contribution in [0.4, 0.5) is 0 Å². The highest BCUT2D eigenvalue weighted by Crippen LogP contribution is 2.21. The molecule has 0 bridgehead atoms. The lowest BCUT2D eigenvalue weighted by Gasteiger charge is -2.36. The quantitative estimate of drug-likeness (QED) is 0.325. The smallest absolute Gasteiger partial charge is 0.191 e. The Morgan fingerprint density at radius 1 is 1.18 bits per heavy atom. The van der Waals surface area contributed by atoms with E-state index >= 15 is 0 Å². The second-order valence-corrected chi connectivity index (χ2v) is 7.31. The summed E-state index contributed by atoms with van der Waals surface area (Å²) < 4.78 is 5.78. The molecule has 0 radical (unpaired) electrons. The first kappa shape index (κ1) is 25.0. The number of halogens is 1. The Bertz CT molecular complexity index is 602.